The molecule has 5 fully saturated rings. The van der Waals surface area contributed by atoms with Gasteiger partial charge < -0.3 is 59.5 Å². The minimum Gasteiger partial charge on any atom is -0.461 e. The van der Waals surface area contributed by atoms with E-state index in [0.717, 1.165) is 82.6 Å². The number of aromatic nitrogens is 1. The molecule has 21 nitrogen and oxygen atoms in total. The number of hydrogen-bond acceptors (Lipinski definition) is 15. The van der Waals surface area contributed by atoms with Crippen LogP contribution in [0, 0.1) is 17.8 Å². The summed E-state index contributed by atoms with van der Waals surface area (Å²) in [7, 11) is 1.64. The number of hydrogen-bond donors (Lipinski definition) is 4. The van der Waals surface area contributed by atoms with Crippen LogP contribution >= 0.6 is 0 Å². The van der Waals surface area contributed by atoms with Crippen molar-refractivity contribution >= 4 is 47.4 Å². The average Bonchev–Trinajstić information content (AvgIpc) is 2.77. The molecule has 1 aliphatic heterocycles. The van der Waals surface area contributed by atoms with E-state index >= 15 is 0 Å². The van der Waals surface area contributed by atoms with Crippen LogP contribution < -0.4 is 21.3 Å². The first-order valence-corrected chi connectivity index (χ1v) is 31.4. The van der Waals surface area contributed by atoms with Crippen LogP contribution in [0.5, 0.6) is 0 Å². The van der Waals surface area contributed by atoms with Crippen LogP contribution in [0.2, 0.25) is 0 Å². The molecular weight excluding hydrogens is 1090 g/mol. The Balaban J connectivity index is 0.739. The van der Waals surface area contributed by atoms with Gasteiger partial charge in [-0.3, -0.25) is 43.3 Å². The smallest absolute Gasteiger partial charge is 0.309 e. The molecule has 7 rings (SSSR count). The molecule has 4 aliphatic carbocycles. The zero-order valence-corrected chi connectivity index (χ0v) is 50.7. The van der Waals surface area contributed by atoms with Gasteiger partial charge in [0, 0.05) is 77.1 Å². The Morgan fingerprint density at radius 2 is 1.06 bits per heavy atom. The number of carbonyl (C=O) groups is 8. The van der Waals surface area contributed by atoms with Crippen molar-refractivity contribution in [2.75, 3.05) is 59.7 Å². The molecule has 0 bridgehead atoms. The molecule has 1 aromatic carbocycles. The van der Waals surface area contributed by atoms with E-state index < -0.39 is 48.4 Å². The minimum atomic E-state index is -0.840. The van der Waals surface area contributed by atoms with E-state index in [2.05, 4.69) is 26.3 Å². The van der Waals surface area contributed by atoms with Crippen molar-refractivity contribution in [1.29, 1.82) is 0 Å². The first kappa shape index (κ1) is 66.5. The number of esters is 2. The predicted octanol–water partition coefficient (Wildman–Crippen LogP) is 6.35. The third-order valence-corrected chi connectivity index (χ3v) is 17.0. The maximum atomic E-state index is 14.4. The predicted molar refractivity (Wildman–Crippen MR) is 315 cm³/mol. The summed E-state index contributed by atoms with van der Waals surface area (Å²) in [6, 6.07) is 12.7. The molecule has 2 heterocycles. The standard InChI is InChI=1S/C64H95N7O14/c1-64(2,3)85-63(79)46-18-22-49(23-19-46)69-56(73)15-10-36-81-51-26-30-53(31-27-51)83-38-34-67-58(75)42-71(61(77)54-39-59(76)70(4)60(54)47-13-8-32-65-40-47)41-57(74)66-33-37-82-52-28-24-50(25-29-52)80-35-9-14-55(72)68-48-20-16-45(17-21-48)62(78)84-43-44-11-6-5-7-12-44/h5-8,11-13,32,40,45-46,48-54,60H,9-10,14-31,33-39,41-43H2,1-4H3,(H,66,74)(H,67,75)(H,68,72)(H,69,73)/t45?,46?,48?,49?,50?,51?,52?,53?,54-,60+/m0/s1. The van der Waals surface area contributed by atoms with Crippen LogP contribution in [-0.2, 0) is 73.4 Å². The van der Waals surface area contributed by atoms with Gasteiger partial charge in [0.1, 0.15) is 25.3 Å². The lowest BCUT2D eigenvalue weighted by Crippen LogP contribution is -2.49. The highest BCUT2D eigenvalue weighted by molar-refractivity contribution is 5.94. The maximum absolute atomic E-state index is 14.4. The fourth-order valence-electron chi connectivity index (χ4n) is 12.3. The zero-order valence-electron chi connectivity index (χ0n) is 50.7. The molecule has 6 amide bonds. The van der Waals surface area contributed by atoms with Gasteiger partial charge in [-0.1, -0.05) is 36.4 Å². The van der Waals surface area contributed by atoms with Gasteiger partial charge >= 0.3 is 11.9 Å². The molecule has 2 atom stereocenters. The maximum Gasteiger partial charge on any atom is 0.309 e. The van der Waals surface area contributed by atoms with Gasteiger partial charge in [0.2, 0.25) is 35.4 Å². The number of amides is 6. The highest BCUT2D eigenvalue weighted by Crippen LogP contribution is 2.38. The first-order valence-electron chi connectivity index (χ1n) is 31.4. The van der Waals surface area contributed by atoms with Crippen molar-refractivity contribution in [1.82, 2.24) is 36.1 Å². The number of benzene rings is 1. The lowest BCUT2D eigenvalue weighted by atomic mass is 9.86. The van der Waals surface area contributed by atoms with E-state index in [9.17, 15) is 38.4 Å². The number of nitrogens with zero attached hydrogens (tertiary/aromatic N) is 3. The number of nitrogens with one attached hydrogen (secondary N) is 4. The summed E-state index contributed by atoms with van der Waals surface area (Å²) in [5.41, 5.74) is 1.14. The van der Waals surface area contributed by atoms with Gasteiger partial charge in [-0.25, -0.2) is 0 Å². The Bertz CT molecular complexity index is 2430. The summed E-state index contributed by atoms with van der Waals surface area (Å²) in [6.07, 6.45) is 17.6. The number of pyridine rings is 1. The fraction of sp³-hybridized carbons (Fsp3) is 0.703. The summed E-state index contributed by atoms with van der Waals surface area (Å²) in [6.45, 7) is 6.99. The van der Waals surface area contributed by atoms with Crippen molar-refractivity contribution in [3.63, 3.8) is 0 Å². The molecule has 0 radical (unpaired) electrons. The Labute approximate surface area is 502 Å². The quantitative estimate of drug-likeness (QED) is 0.0491. The number of carbonyl (C=O) groups excluding carboxylic acids is 8. The molecule has 470 valence electrons. The van der Waals surface area contributed by atoms with E-state index in [1.807, 2.05) is 51.1 Å². The van der Waals surface area contributed by atoms with E-state index in [1.165, 1.54) is 9.80 Å². The largest absolute Gasteiger partial charge is 0.461 e. The lowest BCUT2D eigenvalue weighted by Gasteiger charge is -2.30. The van der Waals surface area contributed by atoms with Crippen LogP contribution in [0.15, 0.2) is 54.9 Å². The summed E-state index contributed by atoms with van der Waals surface area (Å²) in [4.78, 5) is 112. The molecule has 85 heavy (non-hydrogen) atoms. The summed E-state index contributed by atoms with van der Waals surface area (Å²) in [5, 5.41) is 12.0. The normalized spacial score (nSPS) is 25.3. The second-order valence-electron chi connectivity index (χ2n) is 24.8. The van der Waals surface area contributed by atoms with Crippen molar-refractivity contribution in [3.05, 3.63) is 66.0 Å². The zero-order chi connectivity index (χ0) is 60.6. The Morgan fingerprint density at radius 1 is 0.588 bits per heavy atom. The third-order valence-electron chi connectivity index (χ3n) is 17.0. The van der Waals surface area contributed by atoms with E-state index in [4.69, 9.17) is 28.4 Å². The first-order chi connectivity index (χ1) is 41.0. The second kappa shape index (κ2) is 34.3. The highest BCUT2D eigenvalue weighted by Gasteiger charge is 2.45. The molecule has 2 aromatic rings. The van der Waals surface area contributed by atoms with E-state index in [0.29, 0.717) is 70.1 Å². The number of likely N-dealkylation sites (tertiary alicyclic amines) is 1. The fourth-order valence-corrected chi connectivity index (χ4v) is 12.3. The van der Waals surface area contributed by atoms with E-state index in [1.54, 1.807) is 31.6 Å². The molecule has 0 spiro atoms. The van der Waals surface area contributed by atoms with Crippen molar-refractivity contribution in [2.45, 2.75) is 210 Å². The number of ether oxygens (including phenoxy) is 6. The molecule has 0 unspecified atom stereocenters. The lowest BCUT2D eigenvalue weighted by molar-refractivity contribution is -0.161. The van der Waals surface area contributed by atoms with E-state index in [-0.39, 0.29) is 117 Å². The van der Waals surface area contributed by atoms with Crippen LogP contribution in [0.3, 0.4) is 0 Å². The molecular formula is C64H95N7O14. The molecule has 1 saturated heterocycles. The minimum absolute atomic E-state index is 0.0000117. The molecule has 4 N–H and O–H groups in total. The van der Waals surface area contributed by atoms with Crippen LogP contribution in [0.25, 0.3) is 0 Å². The summed E-state index contributed by atoms with van der Waals surface area (Å²) < 4.78 is 35.6. The summed E-state index contributed by atoms with van der Waals surface area (Å²) >= 11 is 0. The molecule has 5 aliphatic rings. The average molecular weight is 1190 g/mol. The third kappa shape index (κ3) is 23.0. The van der Waals surface area contributed by atoms with Crippen LogP contribution in [-0.4, -0.2) is 164 Å². The number of rotatable bonds is 30. The van der Waals surface area contributed by atoms with Gasteiger partial charge in [0.05, 0.1) is 61.4 Å². The van der Waals surface area contributed by atoms with Gasteiger partial charge in [-0.15, -0.1) is 0 Å². The van der Waals surface area contributed by atoms with Crippen LogP contribution in [0.1, 0.15) is 173 Å². The van der Waals surface area contributed by atoms with Crippen molar-refractivity contribution in [2.24, 2.45) is 17.8 Å². The molecule has 21 heteroatoms. The van der Waals surface area contributed by atoms with Crippen molar-refractivity contribution < 1.29 is 66.8 Å². The highest BCUT2D eigenvalue weighted by atomic mass is 16.6. The Kier molecular flexibility index (Phi) is 26.9. The SMILES string of the molecule is CN1C(=O)C[C@H](C(=O)N(CC(=O)NCCOC2CCC(OCCCC(=O)NC3CCC(C(=O)OCc4ccccc4)CC3)CC2)CC(=O)NCCOC2CCC(OCCCC(=O)NC3CCC(C(=O)OC(C)(C)C)CC3)CC2)[C@H]1c1cccnc1. The monoisotopic (exact) mass is 1190 g/mol. The second-order valence-corrected chi connectivity index (χ2v) is 24.8. The Hall–Kier alpha value is -6.03. The summed E-state index contributed by atoms with van der Waals surface area (Å²) in [5.74, 6) is -3.05. The molecule has 4 saturated carbocycles. The van der Waals surface area contributed by atoms with Gasteiger partial charge in [-0.2, -0.15) is 0 Å². The van der Waals surface area contributed by atoms with Gasteiger partial charge in [0.25, 0.3) is 0 Å². The van der Waals surface area contributed by atoms with Crippen molar-refractivity contribution in [3.8, 4) is 0 Å². The Morgan fingerprint density at radius 3 is 1.52 bits per heavy atom. The van der Waals surface area contributed by atoms with Crippen LogP contribution in [0.4, 0.5) is 0 Å². The topological polar surface area (TPSA) is 259 Å². The van der Waals surface area contributed by atoms with Gasteiger partial charge in [-0.05, 0) is 154 Å². The van der Waals surface area contributed by atoms with Gasteiger partial charge in [0.15, 0.2) is 0 Å². The molecule has 1 aromatic heterocycles.